The highest BCUT2D eigenvalue weighted by Gasteiger charge is 2.53. The number of hydrogen-bond donors (Lipinski definition) is 1. The third-order valence-electron chi connectivity index (χ3n) is 4.87. The van der Waals surface area contributed by atoms with Crippen LogP contribution in [0.4, 0.5) is 5.69 Å². The van der Waals surface area contributed by atoms with E-state index in [1.165, 1.54) is 0 Å². The summed E-state index contributed by atoms with van der Waals surface area (Å²) in [6.07, 6.45) is 2.33. The third-order valence-corrected chi connectivity index (χ3v) is 4.87. The highest BCUT2D eigenvalue weighted by molar-refractivity contribution is 5.85. The molecule has 6 heteroatoms. The first-order chi connectivity index (χ1) is 10.6. The van der Waals surface area contributed by atoms with Crippen molar-refractivity contribution in [3.05, 3.63) is 23.5 Å². The van der Waals surface area contributed by atoms with E-state index in [0.717, 1.165) is 24.3 Å². The Kier molecular flexibility index (Phi) is 3.75. The van der Waals surface area contributed by atoms with Gasteiger partial charge in [-0.3, -0.25) is 9.78 Å². The second kappa shape index (κ2) is 5.58. The Bertz CT molecular complexity index is 640. The summed E-state index contributed by atoms with van der Waals surface area (Å²) in [6, 6.07) is 4.13. The molecule has 0 aromatic carbocycles. The number of rotatable bonds is 2. The van der Waals surface area contributed by atoms with E-state index in [4.69, 9.17) is 4.74 Å². The Balaban J connectivity index is 1.97. The fraction of sp³-hybridized carbons (Fsp3) is 0.562. The lowest BCUT2D eigenvalue weighted by Crippen LogP contribution is -2.49. The van der Waals surface area contributed by atoms with Gasteiger partial charge in [0.05, 0.1) is 23.3 Å². The largest absolute Gasteiger partial charge is 0.381 e. The zero-order valence-electron chi connectivity index (χ0n) is 12.9. The van der Waals surface area contributed by atoms with E-state index >= 15 is 0 Å². The Morgan fingerprint density at radius 3 is 3.18 bits per heavy atom. The van der Waals surface area contributed by atoms with Crippen molar-refractivity contribution in [2.75, 3.05) is 38.3 Å². The zero-order valence-corrected chi connectivity index (χ0v) is 12.9. The quantitative estimate of drug-likeness (QED) is 0.876. The van der Waals surface area contributed by atoms with Crippen LogP contribution in [0, 0.1) is 29.6 Å². The SMILES string of the molecule is CNC(=O)C12CCOCC1CN(c1cc(C)ncc1C#N)C2. The molecule has 1 aromatic rings. The van der Waals surface area contributed by atoms with Gasteiger partial charge >= 0.3 is 0 Å². The highest BCUT2D eigenvalue weighted by atomic mass is 16.5. The lowest BCUT2D eigenvalue weighted by atomic mass is 9.73. The molecule has 0 radical (unpaired) electrons. The van der Waals surface area contributed by atoms with Crippen LogP contribution >= 0.6 is 0 Å². The first-order valence-electron chi connectivity index (χ1n) is 7.52. The van der Waals surface area contributed by atoms with Crippen molar-refractivity contribution >= 4 is 11.6 Å². The van der Waals surface area contributed by atoms with Crippen molar-refractivity contribution in [3.63, 3.8) is 0 Å². The molecule has 2 unspecified atom stereocenters. The molecule has 1 N–H and O–H groups in total. The van der Waals surface area contributed by atoms with E-state index in [1.54, 1.807) is 13.2 Å². The fourth-order valence-electron chi connectivity index (χ4n) is 3.65. The maximum absolute atomic E-state index is 12.5. The summed E-state index contributed by atoms with van der Waals surface area (Å²) in [4.78, 5) is 18.8. The average Bonchev–Trinajstić information content (AvgIpc) is 2.94. The fourth-order valence-corrected chi connectivity index (χ4v) is 3.65. The van der Waals surface area contributed by atoms with Crippen molar-refractivity contribution in [1.82, 2.24) is 10.3 Å². The number of pyridine rings is 1. The van der Waals surface area contributed by atoms with Gasteiger partial charge in [-0.2, -0.15) is 5.26 Å². The van der Waals surface area contributed by atoms with Gasteiger partial charge in [-0.05, 0) is 19.4 Å². The highest BCUT2D eigenvalue weighted by Crippen LogP contribution is 2.44. The lowest BCUT2D eigenvalue weighted by molar-refractivity contribution is -0.138. The minimum atomic E-state index is -0.420. The molecule has 22 heavy (non-hydrogen) atoms. The summed E-state index contributed by atoms with van der Waals surface area (Å²) >= 11 is 0. The molecule has 0 bridgehead atoms. The van der Waals surface area contributed by atoms with Crippen molar-refractivity contribution in [3.8, 4) is 6.07 Å². The van der Waals surface area contributed by atoms with Crippen LogP contribution in [0.25, 0.3) is 0 Å². The molecule has 0 aliphatic carbocycles. The van der Waals surface area contributed by atoms with Gasteiger partial charge in [-0.25, -0.2) is 0 Å². The first kappa shape index (κ1) is 14.8. The Morgan fingerprint density at radius 1 is 1.64 bits per heavy atom. The molecule has 3 rings (SSSR count). The molecule has 0 spiro atoms. The van der Waals surface area contributed by atoms with Crippen LogP contribution in [0.5, 0.6) is 0 Å². The molecule has 2 saturated heterocycles. The van der Waals surface area contributed by atoms with Gasteiger partial charge < -0.3 is 15.0 Å². The topological polar surface area (TPSA) is 78.2 Å². The van der Waals surface area contributed by atoms with Crippen molar-refractivity contribution in [1.29, 1.82) is 5.26 Å². The minimum absolute atomic E-state index is 0.0765. The Labute approximate surface area is 130 Å². The predicted octanol–water partition coefficient (Wildman–Crippen LogP) is 0.851. The normalized spacial score (nSPS) is 27.1. The lowest BCUT2D eigenvalue weighted by Gasteiger charge is -2.36. The molecule has 1 aromatic heterocycles. The number of anilines is 1. The summed E-state index contributed by atoms with van der Waals surface area (Å²) in [5.74, 6) is 0.230. The van der Waals surface area contributed by atoms with Gasteiger partial charge in [0.1, 0.15) is 6.07 Å². The molecule has 2 aliphatic rings. The van der Waals surface area contributed by atoms with Gasteiger partial charge in [0, 0.05) is 44.6 Å². The number of hydrogen-bond acceptors (Lipinski definition) is 5. The second-order valence-electron chi connectivity index (χ2n) is 6.09. The molecule has 2 atom stereocenters. The molecule has 0 saturated carbocycles. The number of ether oxygens (including phenoxy) is 1. The van der Waals surface area contributed by atoms with Gasteiger partial charge in [0.15, 0.2) is 0 Å². The van der Waals surface area contributed by atoms with E-state index in [1.807, 2.05) is 13.0 Å². The van der Waals surface area contributed by atoms with E-state index in [2.05, 4.69) is 21.3 Å². The van der Waals surface area contributed by atoms with Crippen LogP contribution in [0.1, 0.15) is 17.7 Å². The maximum Gasteiger partial charge on any atom is 0.228 e. The molecule has 1 amide bonds. The summed E-state index contributed by atoms with van der Waals surface area (Å²) in [5.41, 5.74) is 1.87. The van der Waals surface area contributed by atoms with Crippen molar-refractivity contribution in [2.45, 2.75) is 13.3 Å². The first-order valence-corrected chi connectivity index (χ1v) is 7.52. The number of aromatic nitrogens is 1. The number of nitrogens with zero attached hydrogens (tertiary/aromatic N) is 3. The second-order valence-corrected chi connectivity index (χ2v) is 6.09. The Morgan fingerprint density at radius 2 is 2.45 bits per heavy atom. The van der Waals surface area contributed by atoms with Gasteiger partial charge in [-0.1, -0.05) is 0 Å². The number of carbonyl (C=O) groups excluding carboxylic acids is 1. The average molecular weight is 300 g/mol. The molecule has 6 nitrogen and oxygen atoms in total. The number of nitriles is 1. The maximum atomic E-state index is 12.5. The number of aryl methyl sites for hydroxylation is 1. The predicted molar refractivity (Wildman–Crippen MR) is 81.3 cm³/mol. The standard InChI is InChI=1S/C16H20N4O2/c1-11-5-14(12(6-17)7-19-11)20-8-13-9-22-4-3-16(13,10-20)15(21)18-2/h5,7,13H,3-4,8-10H2,1-2H3,(H,18,21). The number of amides is 1. The van der Waals surface area contributed by atoms with Crippen LogP contribution in [0.3, 0.4) is 0 Å². The number of fused-ring (bicyclic) bond motifs is 1. The summed E-state index contributed by atoms with van der Waals surface area (Å²) in [6.45, 7) is 4.46. The zero-order chi connectivity index (χ0) is 15.7. The van der Waals surface area contributed by atoms with Crippen LogP contribution in [0.15, 0.2) is 12.3 Å². The van der Waals surface area contributed by atoms with Gasteiger partial charge in [-0.15, -0.1) is 0 Å². The molecule has 116 valence electrons. The van der Waals surface area contributed by atoms with E-state index in [9.17, 15) is 10.1 Å². The number of carbonyl (C=O) groups is 1. The monoisotopic (exact) mass is 300 g/mol. The van der Waals surface area contributed by atoms with Crippen LogP contribution in [0.2, 0.25) is 0 Å². The minimum Gasteiger partial charge on any atom is -0.381 e. The summed E-state index contributed by atoms with van der Waals surface area (Å²) < 4.78 is 5.58. The van der Waals surface area contributed by atoms with E-state index < -0.39 is 5.41 Å². The number of nitrogens with one attached hydrogen (secondary N) is 1. The summed E-state index contributed by atoms with van der Waals surface area (Å²) in [5, 5.41) is 12.1. The summed E-state index contributed by atoms with van der Waals surface area (Å²) in [7, 11) is 1.68. The Hall–Kier alpha value is -2.13. The van der Waals surface area contributed by atoms with Gasteiger partial charge in [0.25, 0.3) is 0 Å². The third kappa shape index (κ3) is 2.22. The molecular formula is C16H20N4O2. The molecule has 2 aliphatic heterocycles. The van der Waals surface area contributed by atoms with Gasteiger partial charge in [0.2, 0.25) is 5.91 Å². The van der Waals surface area contributed by atoms with E-state index in [-0.39, 0.29) is 11.8 Å². The smallest absolute Gasteiger partial charge is 0.228 e. The van der Waals surface area contributed by atoms with Crippen molar-refractivity contribution < 1.29 is 9.53 Å². The van der Waals surface area contributed by atoms with Crippen LogP contribution in [-0.4, -0.2) is 44.2 Å². The van der Waals surface area contributed by atoms with Crippen LogP contribution < -0.4 is 10.2 Å². The van der Waals surface area contributed by atoms with Crippen molar-refractivity contribution in [2.24, 2.45) is 11.3 Å². The molecule has 2 fully saturated rings. The molecular weight excluding hydrogens is 280 g/mol. The van der Waals surface area contributed by atoms with Crippen LogP contribution in [-0.2, 0) is 9.53 Å². The van der Waals surface area contributed by atoms with E-state index in [0.29, 0.717) is 25.3 Å². The molecule has 3 heterocycles.